The normalized spacial score (nSPS) is 19.0. The van der Waals surface area contributed by atoms with Crippen molar-refractivity contribution in [3.05, 3.63) is 41.2 Å². The average molecular weight is 382 g/mol. The Morgan fingerprint density at radius 3 is 2.86 bits per heavy atom. The van der Waals surface area contributed by atoms with Gasteiger partial charge in [0, 0.05) is 63.9 Å². The Hall–Kier alpha value is -2.77. The van der Waals surface area contributed by atoms with Gasteiger partial charge in [-0.2, -0.15) is 5.10 Å². The van der Waals surface area contributed by atoms with Crippen molar-refractivity contribution in [3.63, 3.8) is 0 Å². The van der Waals surface area contributed by atoms with Crippen LogP contribution >= 0.6 is 0 Å². The molecular weight excluding hydrogens is 356 g/mol. The Morgan fingerprint density at radius 1 is 1.25 bits per heavy atom. The maximum Gasteiger partial charge on any atom is 0.225 e. The quantitative estimate of drug-likeness (QED) is 0.803. The van der Waals surface area contributed by atoms with Gasteiger partial charge in [-0.3, -0.25) is 14.3 Å². The van der Waals surface area contributed by atoms with Crippen molar-refractivity contribution in [3.8, 4) is 0 Å². The third-order valence-corrected chi connectivity index (χ3v) is 5.59. The van der Waals surface area contributed by atoms with Gasteiger partial charge in [-0.05, 0) is 25.3 Å². The number of carbonyl (C=O) groups excluding carboxylic acids is 2. The second-order valence-corrected chi connectivity index (χ2v) is 7.67. The molecule has 2 aliphatic heterocycles. The molecule has 2 amide bonds. The second kappa shape index (κ2) is 7.69. The van der Waals surface area contributed by atoms with E-state index >= 15 is 0 Å². The topological polar surface area (TPSA) is 84.2 Å². The Balaban J connectivity index is 1.44. The number of hydrogen-bond donors (Lipinski definition) is 0. The van der Waals surface area contributed by atoms with Crippen LogP contribution in [0.3, 0.4) is 0 Å². The largest absolute Gasteiger partial charge is 0.338 e. The maximum absolute atomic E-state index is 12.8. The molecule has 4 heterocycles. The maximum atomic E-state index is 12.8. The van der Waals surface area contributed by atoms with E-state index in [4.69, 9.17) is 4.98 Å². The van der Waals surface area contributed by atoms with Crippen LogP contribution in [0.1, 0.15) is 54.9 Å². The fourth-order valence-electron chi connectivity index (χ4n) is 4.04. The van der Waals surface area contributed by atoms with Gasteiger partial charge < -0.3 is 9.80 Å². The third kappa shape index (κ3) is 3.76. The number of aryl methyl sites for hydroxylation is 2. The zero-order valence-electron chi connectivity index (χ0n) is 16.5. The number of hydrogen-bond acceptors (Lipinski definition) is 5. The van der Waals surface area contributed by atoms with E-state index in [0.29, 0.717) is 26.1 Å². The number of amides is 2. The van der Waals surface area contributed by atoms with E-state index < -0.39 is 0 Å². The summed E-state index contributed by atoms with van der Waals surface area (Å²) in [7, 11) is 0. The Bertz CT molecular complexity index is 893. The minimum atomic E-state index is -0.0528. The molecule has 2 aromatic rings. The summed E-state index contributed by atoms with van der Waals surface area (Å²) in [6.45, 7) is 6.18. The van der Waals surface area contributed by atoms with Gasteiger partial charge in [-0.25, -0.2) is 9.97 Å². The number of nitrogens with zero attached hydrogens (tertiary/aromatic N) is 6. The predicted molar refractivity (Wildman–Crippen MR) is 102 cm³/mol. The highest BCUT2D eigenvalue weighted by Gasteiger charge is 2.32. The van der Waals surface area contributed by atoms with E-state index in [1.165, 1.54) is 0 Å². The smallest absolute Gasteiger partial charge is 0.225 e. The molecule has 1 fully saturated rings. The second-order valence-electron chi connectivity index (χ2n) is 7.67. The van der Waals surface area contributed by atoms with Gasteiger partial charge in [0.25, 0.3) is 0 Å². The summed E-state index contributed by atoms with van der Waals surface area (Å²) in [6.07, 6.45) is 8.62. The standard InChI is InChI=1S/C20H26N6O2/c1-14-10-22-25(12-14)9-6-19(28)26-7-3-4-18(26)20-21-11-16-13-24(15(2)27)8-5-17(16)23-20/h10-12,18H,3-9,13H2,1-2H3/t18-/m1/s1. The van der Waals surface area contributed by atoms with Gasteiger partial charge in [-0.1, -0.05) is 0 Å². The summed E-state index contributed by atoms with van der Waals surface area (Å²) in [5.74, 6) is 0.935. The number of carbonyl (C=O) groups is 2. The SMILES string of the molecule is CC(=O)N1CCc2nc([C@H]3CCCN3C(=O)CCn3cc(C)cn3)ncc2C1. The molecule has 2 aliphatic rings. The minimum Gasteiger partial charge on any atom is -0.338 e. The highest BCUT2D eigenvalue weighted by Crippen LogP contribution is 2.31. The number of aromatic nitrogens is 4. The van der Waals surface area contributed by atoms with Crippen molar-refractivity contribution in [2.24, 2.45) is 0 Å². The van der Waals surface area contributed by atoms with Gasteiger partial charge >= 0.3 is 0 Å². The number of fused-ring (bicyclic) bond motifs is 1. The van der Waals surface area contributed by atoms with Gasteiger partial charge in [0.05, 0.1) is 17.9 Å². The zero-order chi connectivity index (χ0) is 19.7. The van der Waals surface area contributed by atoms with Crippen LogP contribution < -0.4 is 0 Å². The molecule has 4 rings (SSSR count). The third-order valence-electron chi connectivity index (χ3n) is 5.59. The van der Waals surface area contributed by atoms with Crippen LogP contribution in [0, 0.1) is 6.92 Å². The monoisotopic (exact) mass is 382 g/mol. The van der Waals surface area contributed by atoms with Crippen molar-refractivity contribution >= 4 is 11.8 Å². The first-order chi connectivity index (χ1) is 13.5. The lowest BCUT2D eigenvalue weighted by Gasteiger charge is -2.28. The molecule has 0 N–H and O–H groups in total. The highest BCUT2D eigenvalue weighted by molar-refractivity contribution is 5.77. The van der Waals surface area contributed by atoms with E-state index in [-0.39, 0.29) is 17.9 Å². The first-order valence-corrected chi connectivity index (χ1v) is 9.90. The molecule has 0 spiro atoms. The number of likely N-dealkylation sites (tertiary alicyclic amines) is 1. The molecular formula is C20H26N6O2. The Labute approximate surface area is 164 Å². The van der Waals surface area contributed by atoms with Gasteiger partial charge in [0.15, 0.2) is 5.82 Å². The van der Waals surface area contributed by atoms with Crippen molar-refractivity contribution < 1.29 is 9.59 Å². The van der Waals surface area contributed by atoms with E-state index in [2.05, 4.69) is 10.1 Å². The molecule has 0 aromatic carbocycles. The summed E-state index contributed by atoms with van der Waals surface area (Å²) in [4.78, 5) is 37.5. The van der Waals surface area contributed by atoms with E-state index in [1.807, 2.05) is 33.8 Å². The van der Waals surface area contributed by atoms with E-state index in [0.717, 1.165) is 48.5 Å². The van der Waals surface area contributed by atoms with Gasteiger partial charge in [0.1, 0.15) is 0 Å². The molecule has 148 valence electrons. The zero-order valence-corrected chi connectivity index (χ0v) is 16.5. The van der Waals surface area contributed by atoms with E-state index in [9.17, 15) is 9.59 Å². The summed E-state index contributed by atoms with van der Waals surface area (Å²) >= 11 is 0. The first-order valence-electron chi connectivity index (χ1n) is 9.90. The molecule has 0 bridgehead atoms. The average Bonchev–Trinajstić information content (AvgIpc) is 3.34. The molecule has 8 nitrogen and oxygen atoms in total. The highest BCUT2D eigenvalue weighted by atomic mass is 16.2. The van der Waals surface area contributed by atoms with Crippen LogP contribution in [0.2, 0.25) is 0 Å². The molecule has 0 saturated carbocycles. The van der Waals surface area contributed by atoms with Crippen molar-refractivity contribution in [1.29, 1.82) is 0 Å². The van der Waals surface area contributed by atoms with Crippen LogP contribution in [-0.2, 0) is 29.1 Å². The fourth-order valence-corrected chi connectivity index (χ4v) is 4.04. The molecule has 2 aromatic heterocycles. The van der Waals surface area contributed by atoms with Crippen LogP contribution in [-0.4, -0.2) is 54.5 Å². The molecule has 1 saturated heterocycles. The Morgan fingerprint density at radius 2 is 2.11 bits per heavy atom. The van der Waals surface area contributed by atoms with Crippen LogP contribution in [0.5, 0.6) is 0 Å². The molecule has 0 aliphatic carbocycles. The Kier molecular flexibility index (Phi) is 5.11. The molecule has 0 unspecified atom stereocenters. The van der Waals surface area contributed by atoms with Crippen molar-refractivity contribution in [1.82, 2.24) is 29.5 Å². The van der Waals surface area contributed by atoms with Crippen molar-refractivity contribution in [2.45, 2.75) is 58.7 Å². The van der Waals surface area contributed by atoms with Crippen LogP contribution in [0.15, 0.2) is 18.6 Å². The van der Waals surface area contributed by atoms with Crippen molar-refractivity contribution in [2.75, 3.05) is 13.1 Å². The molecule has 8 heteroatoms. The predicted octanol–water partition coefficient (Wildman–Crippen LogP) is 1.64. The number of rotatable bonds is 4. The van der Waals surface area contributed by atoms with Gasteiger partial charge in [-0.15, -0.1) is 0 Å². The molecule has 1 atom stereocenters. The van der Waals surface area contributed by atoms with E-state index in [1.54, 1.807) is 13.1 Å². The van der Waals surface area contributed by atoms with Gasteiger partial charge in [0.2, 0.25) is 11.8 Å². The fraction of sp³-hybridized carbons (Fsp3) is 0.550. The lowest BCUT2D eigenvalue weighted by molar-refractivity contribution is -0.132. The summed E-state index contributed by atoms with van der Waals surface area (Å²) in [5, 5.41) is 4.25. The first kappa shape index (κ1) is 18.6. The minimum absolute atomic E-state index is 0.0528. The summed E-state index contributed by atoms with van der Waals surface area (Å²) < 4.78 is 1.81. The van der Waals surface area contributed by atoms with Crippen LogP contribution in [0.25, 0.3) is 0 Å². The molecule has 0 radical (unpaired) electrons. The van der Waals surface area contributed by atoms with Crippen LogP contribution in [0.4, 0.5) is 0 Å². The summed E-state index contributed by atoms with van der Waals surface area (Å²) in [6, 6.07) is -0.0528. The lowest BCUT2D eigenvalue weighted by atomic mass is 10.1. The molecule has 28 heavy (non-hydrogen) atoms. The summed E-state index contributed by atoms with van der Waals surface area (Å²) in [5.41, 5.74) is 3.11. The lowest BCUT2D eigenvalue weighted by Crippen LogP contribution is -2.36.